The Morgan fingerprint density at radius 3 is 2.37 bits per heavy atom. The molecule has 5 nitrogen and oxygen atoms in total. The van der Waals surface area contributed by atoms with Gasteiger partial charge in [0.05, 0.1) is 4.90 Å². The fraction of sp³-hybridized carbons (Fsp3) is 0.462. The van der Waals surface area contributed by atoms with Gasteiger partial charge in [0.25, 0.3) is 0 Å². The molecule has 0 bridgehead atoms. The van der Waals surface area contributed by atoms with E-state index >= 15 is 0 Å². The number of carboxylic acids is 1. The minimum absolute atomic E-state index is 0.119. The first-order valence-corrected chi connectivity index (χ1v) is 7.62. The molecule has 1 N–H and O–H groups in total. The van der Waals surface area contributed by atoms with Gasteiger partial charge >= 0.3 is 5.97 Å². The minimum Gasteiger partial charge on any atom is -0.480 e. The lowest BCUT2D eigenvalue weighted by atomic mass is 10.2. The van der Waals surface area contributed by atoms with Crippen LogP contribution in [0.15, 0.2) is 29.2 Å². The van der Waals surface area contributed by atoms with Crippen molar-refractivity contribution in [2.45, 2.75) is 38.1 Å². The van der Waals surface area contributed by atoms with Gasteiger partial charge in [-0.2, -0.15) is 4.31 Å². The van der Waals surface area contributed by atoms with Gasteiger partial charge < -0.3 is 5.11 Å². The van der Waals surface area contributed by atoms with Crippen LogP contribution < -0.4 is 0 Å². The molecule has 1 rings (SSSR count). The van der Waals surface area contributed by atoms with Crippen LogP contribution >= 0.6 is 0 Å². The summed E-state index contributed by atoms with van der Waals surface area (Å²) in [4.78, 5) is 11.2. The molecular formula is C13H19NO4S. The maximum absolute atomic E-state index is 12.6. The number of nitrogens with zero attached hydrogens (tertiary/aromatic N) is 1. The third-order valence-corrected chi connectivity index (χ3v) is 5.19. The van der Waals surface area contributed by atoms with E-state index in [9.17, 15) is 13.2 Å². The standard InChI is InChI=1S/C13H19NO4S/c1-4-11-8-6-7-9-12(11)19(17,18)14(5-2)10(3)13(15)16/h6-10H,4-5H2,1-3H3,(H,15,16). The highest BCUT2D eigenvalue weighted by Gasteiger charge is 2.32. The zero-order valence-electron chi connectivity index (χ0n) is 11.3. The summed E-state index contributed by atoms with van der Waals surface area (Å²) in [6, 6.07) is 5.59. The Hall–Kier alpha value is -1.40. The molecule has 1 atom stereocenters. The molecule has 19 heavy (non-hydrogen) atoms. The molecule has 0 radical (unpaired) electrons. The summed E-state index contributed by atoms with van der Waals surface area (Å²) in [6.45, 7) is 4.99. The van der Waals surface area contributed by atoms with Crippen molar-refractivity contribution in [3.05, 3.63) is 29.8 Å². The Balaban J connectivity index is 3.32. The number of hydrogen-bond acceptors (Lipinski definition) is 3. The highest BCUT2D eigenvalue weighted by molar-refractivity contribution is 7.89. The van der Waals surface area contributed by atoms with E-state index in [1.54, 1.807) is 25.1 Å². The molecule has 1 aromatic carbocycles. The molecule has 0 fully saturated rings. The van der Waals surface area contributed by atoms with Crippen LogP contribution in [0.1, 0.15) is 26.3 Å². The Labute approximate surface area is 113 Å². The Morgan fingerprint density at radius 1 is 1.32 bits per heavy atom. The van der Waals surface area contributed by atoms with Gasteiger partial charge in [0, 0.05) is 6.54 Å². The van der Waals surface area contributed by atoms with Crippen LogP contribution in [0.4, 0.5) is 0 Å². The molecule has 106 valence electrons. The van der Waals surface area contributed by atoms with Crippen molar-refractivity contribution in [1.29, 1.82) is 0 Å². The summed E-state index contributed by atoms with van der Waals surface area (Å²) in [7, 11) is -3.79. The summed E-state index contributed by atoms with van der Waals surface area (Å²) in [5.74, 6) is -1.15. The van der Waals surface area contributed by atoms with Crippen molar-refractivity contribution in [2.24, 2.45) is 0 Å². The number of likely N-dealkylation sites (N-methyl/N-ethyl adjacent to an activating group) is 1. The van der Waals surface area contributed by atoms with Gasteiger partial charge in [0.15, 0.2) is 0 Å². The van der Waals surface area contributed by atoms with Gasteiger partial charge in [-0.1, -0.05) is 32.0 Å². The van der Waals surface area contributed by atoms with E-state index in [0.717, 1.165) is 4.31 Å². The van der Waals surface area contributed by atoms with Crippen LogP contribution in [0.2, 0.25) is 0 Å². The molecule has 6 heteroatoms. The Kier molecular flexibility index (Phi) is 5.08. The van der Waals surface area contributed by atoms with Crippen LogP contribution in [0.5, 0.6) is 0 Å². The monoisotopic (exact) mass is 285 g/mol. The van der Waals surface area contributed by atoms with E-state index < -0.39 is 22.0 Å². The first-order valence-electron chi connectivity index (χ1n) is 6.18. The molecule has 0 aliphatic carbocycles. The molecule has 0 aliphatic rings. The third-order valence-electron chi connectivity index (χ3n) is 3.04. The van der Waals surface area contributed by atoms with Gasteiger partial charge in [0.1, 0.15) is 6.04 Å². The average molecular weight is 285 g/mol. The number of aliphatic carboxylic acids is 1. The number of benzene rings is 1. The molecule has 0 aromatic heterocycles. The lowest BCUT2D eigenvalue weighted by Gasteiger charge is -2.25. The number of rotatable bonds is 6. The Morgan fingerprint density at radius 2 is 1.89 bits per heavy atom. The number of hydrogen-bond donors (Lipinski definition) is 1. The van der Waals surface area contributed by atoms with Gasteiger partial charge in [-0.25, -0.2) is 8.42 Å². The average Bonchev–Trinajstić information content (AvgIpc) is 2.38. The molecule has 0 saturated heterocycles. The SMILES string of the molecule is CCc1ccccc1S(=O)(=O)N(CC)C(C)C(=O)O. The van der Waals surface area contributed by atoms with Crippen LogP contribution in [-0.2, 0) is 21.2 Å². The summed E-state index contributed by atoms with van der Waals surface area (Å²) in [6.07, 6.45) is 0.578. The topological polar surface area (TPSA) is 74.7 Å². The first kappa shape index (κ1) is 15.7. The molecule has 0 amide bonds. The first-order chi connectivity index (χ1) is 8.86. The molecule has 0 heterocycles. The highest BCUT2D eigenvalue weighted by Crippen LogP contribution is 2.22. The van der Waals surface area contributed by atoms with Gasteiger partial charge in [-0.3, -0.25) is 4.79 Å². The van der Waals surface area contributed by atoms with E-state index in [1.165, 1.54) is 13.0 Å². The van der Waals surface area contributed by atoms with E-state index in [0.29, 0.717) is 12.0 Å². The van der Waals surface area contributed by atoms with Crippen molar-refractivity contribution in [2.75, 3.05) is 6.54 Å². The largest absolute Gasteiger partial charge is 0.480 e. The number of sulfonamides is 1. The van der Waals surface area contributed by atoms with E-state index in [1.807, 2.05) is 6.92 Å². The molecule has 0 saturated carbocycles. The predicted octanol–water partition coefficient (Wildman–Crippen LogP) is 1.73. The molecule has 0 aliphatic heterocycles. The van der Waals surface area contributed by atoms with Crippen molar-refractivity contribution in [3.8, 4) is 0 Å². The molecule has 1 unspecified atom stereocenters. The highest BCUT2D eigenvalue weighted by atomic mass is 32.2. The quantitative estimate of drug-likeness (QED) is 0.863. The fourth-order valence-electron chi connectivity index (χ4n) is 1.95. The van der Waals surface area contributed by atoms with Crippen LogP contribution in [-0.4, -0.2) is 36.4 Å². The van der Waals surface area contributed by atoms with Crippen LogP contribution in [0.3, 0.4) is 0 Å². The molecular weight excluding hydrogens is 266 g/mol. The Bertz CT molecular complexity index is 554. The van der Waals surface area contributed by atoms with Crippen LogP contribution in [0.25, 0.3) is 0 Å². The summed E-state index contributed by atoms with van der Waals surface area (Å²) < 4.78 is 26.1. The summed E-state index contributed by atoms with van der Waals surface area (Å²) >= 11 is 0. The molecule has 0 spiro atoms. The third kappa shape index (κ3) is 3.13. The predicted molar refractivity (Wildman–Crippen MR) is 72.5 cm³/mol. The second kappa shape index (κ2) is 6.16. The maximum Gasteiger partial charge on any atom is 0.321 e. The van der Waals surface area contributed by atoms with E-state index in [-0.39, 0.29) is 11.4 Å². The van der Waals surface area contributed by atoms with Crippen molar-refractivity contribution < 1.29 is 18.3 Å². The number of aryl methyl sites for hydroxylation is 1. The lowest BCUT2D eigenvalue weighted by molar-refractivity contribution is -0.140. The van der Waals surface area contributed by atoms with Crippen molar-refractivity contribution >= 4 is 16.0 Å². The maximum atomic E-state index is 12.6. The molecule has 1 aromatic rings. The summed E-state index contributed by atoms with van der Waals surface area (Å²) in [5, 5.41) is 9.01. The zero-order valence-corrected chi connectivity index (χ0v) is 12.1. The zero-order chi connectivity index (χ0) is 14.6. The number of carboxylic acid groups (broad SMARTS) is 1. The van der Waals surface area contributed by atoms with Crippen molar-refractivity contribution in [1.82, 2.24) is 4.31 Å². The number of carbonyl (C=O) groups is 1. The van der Waals surface area contributed by atoms with Gasteiger partial charge in [-0.15, -0.1) is 0 Å². The van der Waals surface area contributed by atoms with E-state index in [2.05, 4.69) is 0 Å². The smallest absolute Gasteiger partial charge is 0.321 e. The minimum atomic E-state index is -3.79. The summed E-state index contributed by atoms with van der Waals surface area (Å²) in [5.41, 5.74) is 0.693. The second-order valence-corrected chi connectivity index (χ2v) is 6.04. The van der Waals surface area contributed by atoms with E-state index in [4.69, 9.17) is 5.11 Å². The van der Waals surface area contributed by atoms with Crippen molar-refractivity contribution in [3.63, 3.8) is 0 Å². The second-order valence-electron chi connectivity index (χ2n) is 4.18. The van der Waals surface area contributed by atoms with Gasteiger partial charge in [0.2, 0.25) is 10.0 Å². The van der Waals surface area contributed by atoms with Gasteiger partial charge in [-0.05, 0) is 25.0 Å². The fourth-order valence-corrected chi connectivity index (χ4v) is 3.84. The normalized spacial score (nSPS) is 13.5. The van der Waals surface area contributed by atoms with Crippen LogP contribution in [0, 0.1) is 0 Å². The lowest BCUT2D eigenvalue weighted by Crippen LogP contribution is -2.43.